The molecule has 0 atom stereocenters. The van der Waals surface area contributed by atoms with E-state index in [4.69, 9.17) is 5.11 Å². The second-order valence-electron chi connectivity index (χ2n) is 4.31. The molecule has 0 bridgehead atoms. The molecule has 0 fully saturated rings. The minimum atomic E-state index is -0.989. The maximum absolute atomic E-state index is 12.0. The van der Waals surface area contributed by atoms with Gasteiger partial charge in [-0.25, -0.2) is 9.78 Å². The first-order chi connectivity index (χ1) is 9.65. The second-order valence-corrected chi connectivity index (χ2v) is 4.31. The van der Waals surface area contributed by atoms with Crippen molar-refractivity contribution in [2.75, 3.05) is 0 Å². The highest BCUT2D eigenvalue weighted by atomic mass is 16.4. The zero-order valence-corrected chi connectivity index (χ0v) is 10.3. The molecular weight excluding hydrogens is 256 g/mol. The number of nitrogens with zero attached hydrogens (tertiary/aromatic N) is 1. The lowest BCUT2D eigenvalue weighted by atomic mass is 10.1. The van der Waals surface area contributed by atoms with Gasteiger partial charge in [0.15, 0.2) is 0 Å². The molecule has 0 aliphatic rings. The van der Waals surface area contributed by atoms with Gasteiger partial charge in [-0.3, -0.25) is 4.79 Å². The molecule has 1 heterocycles. The Morgan fingerprint density at radius 3 is 2.45 bits per heavy atom. The van der Waals surface area contributed by atoms with Crippen molar-refractivity contribution in [3.05, 3.63) is 64.4 Å². The lowest BCUT2D eigenvalue weighted by molar-refractivity contribution is 0.0697. The van der Waals surface area contributed by atoms with Crippen molar-refractivity contribution in [1.29, 1.82) is 0 Å². The van der Waals surface area contributed by atoms with Crippen LogP contribution in [-0.2, 0) is 0 Å². The number of aromatic nitrogens is 2. The number of carboxylic acid groups (broad SMARTS) is 1. The van der Waals surface area contributed by atoms with Crippen molar-refractivity contribution < 1.29 is 9.90 Å². The molecule has 0 unspecified atom stereocenters. The summed E-state index contributed by atoms with van der Waals surface area (Å²) in [5.74, 6) is -0.567. The third-order valence-corrected chi connectivity index (χ3v) is 3.02. The fourth-order valence-electron chi connectivity index (χ4n) is 1.99. The molecule has 0 amide bonds. The van der Waals surface area contributed by atoms with Crippen LogP contribution >= 0.6 is 0 Å². The van der Waals surface area contributed by atoms with Gasteiger partial charge in [0, 0.05) is 5.56 Å². The van der Waals surface area contributed by atoms with Gasteiger partial charge in [-0.1, -0.05) is 24.3 Å². The van der Waals surface area contributed by atoms with Crippen molar-refractivity contribution in [3.63, 3.8) is 0 Å². The number of para-hydroxylation sites is 1. The van der Waals surface area contributed by atoms with Crippen molar-refractivity contribution >= 4 is 16.9 Å². The number of fused-ring (bicyclic) bond motifs is 1. The van der Waals surface area contributed by atoms with Crippen molar-refractivity contribution in [1.82, 2.24) is 9.97 Å². The average molecular weight is 266 g/mol. The summed E-state index contributed by atoms with van der Waals surface area (Å²) in [6, 6.07) is 13.3. The summed E-state index contributed by atoms with van der Waals surface area (Å²) < 4.78 is 0. The summed E-state index contributed by atoms with van der Waals surface area (Å²) in [7, 11) is 0. The van der Waals surface area contributed by atoms with E-state index in [0.29, 0.717) is 22.3 Å². The van der Waals surface area contributed by atoms with E-state index in [1.54, 1.807) is 30.3 Å². The molecule has 5 heteroatoms. The molecular formula is C15H10N2O3. The lowest BCUT2D eigenvalue weighted by Gasteiger charge is -2.03. The first kappa shape index (κ1) is 12.1. The number of benzene rings is 2. The van der Waals surface area contributed by atoms with Gasteiger partial charge in [0.25, 0.3) is 5.56 Å². The van der Waals surface area contributed by atoms with Crippen LogP contribution in [0.15, 0.2) is 53.3 Å². The molecule has 0 aliphatic heterocycles. The van der Waals surface area contributed by atoms with Crippen molar-refractivity contribution in [2.45, 2.75) is 0 Å². The number of aromatic carboxylic acids is 1. The number of carbonyl (C=O) groups is 1. The number of H-pyrrole nitrogens is 1. The zero-order valence-electron chi connectivity index (χ0n) is 10.3. The van der Waals surface area contributed by atoms with Crippen LogP contribution in [0.2, 0.25) is 0 Å². The molecule has 20 heavy (non-hydrogen) atoms. The Bertz CT molecular complexity index is 851. The molecule has 0 saturated heterocycles. The first-order valence-electron chi connectivity index (χ1n) is 5.98. The summed E-state index contributed by atoms with van der Waals surface area (Å²) in [5.41, 5.74) is 1.25. The average Bonchev–Trinajstić information content (AvgIpc) is 2.47. The molecule has 1 aromatic heterocycles. The van der Waals surface area contributed by atoms with E-state index >= 15 is 0 Å². The standard InChI is InChI=1S/C15H10N2O3/c18-14-11-3-1-2-4-12(11)16-13(17-14)9-5-7-10(8-6-9)15(19)20/h1-8H,(H,19,20)(H,16,17,18). The molecule has 5 nitrogen and oxygen atoms in total. The molecule has 0 aliphatic carbocycles. The number of carboxylic acids is 1. The Morgan fingerprint density at radius 2 is 1.75 bits per heavy atom. The number of rotatable bonds is 2. The third kappa shape index (κ3) is 2.05. The molecule has 3 aromatic rings. The Labute approximate surface area is 113 Å². The molecule has 98 valence electrons. The van der Waals surface area contributed by atoms with E-state index < -0.39 is 5.97 Å². The first-order valence-corrected chi connectivity index (χ1v) is 5.98. The topological polar surface area (TPSA) is 83.0 Å². The fourth-order valence-corrected chi connectivity index (χ4v) is 1.99. The van der Waals surface area contributed by atoms with E-state index in [2.05, 4.69) is 9.97 Å². The van der Waals surface area contributed by atoms with E-state index in [1.165, 1.54) is 12.1 Å². The van der Waals surface area contributed by atoms with Gasteiger partial charge in [0.05, 0.1) is 16.5 Å². The highest BCUT2D eigenvalue weighted by molar-refractivity contribution is 5.88. The van der Waals surface area contributed by atoms with Crippen LogP contribution in [0.1, 0.15) is 10.4 Å². The number of nitrogens with one attached hydrogen (secondary N) is 1. The van der Waals surface area contributed by atoms with E-state index in [-0.39, 0.29) is 11.1 Å². The van der Waals surface area contributed by atoms with Crippen LogP contribution in [0.3, 0.4) is 0 Å². The Hall–Kier alpha value is -2.95. The minimum Gasteiger partial charge on any atom is -0.478 e. The second kappa shape index (κ2) is 4.62. The van der Waals surface area contributed by atoms with Crippen LogP contribution < -0.4 is 5.56 Å². The van der Waals surface area contributed by atoms with Crippen LogP contribution in [0.5, 0.6) is 0 Å². The van der Waals surface area contributed by atoms with Gasteiger partial charge < -0.3 is 10.1 Å². The van der Waals surface area contributed by atoms with Gasteiger partial charge in [-0.15, -0.1) is 0 Å². The zero-order chi connectivity index (χ0) is 14.1. The molecule has 3 rings (SSSR count). The monoisotopic (exact) mass is 266 g/mol. The van der Waals surface area contributed by atoms with Gasteiger partial charge >= 0.3 is 5.97 Å². The Morgan fingerprint density at radius 1 is 1.05 bits per heavy atom. The summed E-state index contributed by atoms with van der Waals surface area (Å²) in [6.45, 7) is 0. The summed E-state index contributed by atoms with van der Waals surface area (Å²) in [5, 5.41) is 9.38. The van der Waals surface area contributed by atoms with Crippen LogP contribution in [0.25, 0.3) is 22.3 Å². The third-order valence-electron chi connectivity index (χ3n) is 3.02. The highest BCUT2D eigenvalue weighted by Crippen LogP contribution is 2.17. The fraction of sp³-hybridized carbons (Fsp3) is 0. The highest BCUT2D eigenvalue weighted by Gasteiger charge is 2.07. The SMILES string of the molecule is O=C(O)c1ccc(-c2nc3ccccc3c(=O)[nH]2)cc1. The van der Waals surface area contributed by atoms with Gasteiger partial charge in [-0.05, 0) is 24.3 Å². The molecule has 0 radical (unpaired) electrons. The molecule has 2 aromatic carbocycles. The summed E-state index contributed by atoms with van der Waals surface area (Å²) in [4.78, 5) is 29.8. The minimum absolute atomic E-state index is 0.192. The molecule has 0 spiro atoms. The Kier molecular flexibility index (Phi) is 2.80. The summed E-state index contributed by atoms with van der Waals surface area (Å²) in [6.07, 6.45) is 0. The number of hydrogen-bond donors (Lipinski definition) is 2. The molecule has 0 saturated carbocycles. The van der Waals surface area contributed by atoms with Gasteiger partial charge in [0.2, 0.25) is 0 Å². The number of aromatic amines is 1. The van der Waals surface area contributed by atoms with Crippen LogP contribution in [-0.4, -0.2) is 21.0 Å². The number of hydrogen-bond acceptors (Lipinski definition) is 3. The Balaban J connectivity index is 2.14. The quantitative estimate of drug-likeness (QED) is 0.745. The van der Waals surface area contributed by atoms with E-state index in [9.17, 15) is 9.59 Å². The smallest absolute Gasteiger partial charge is 0.335 e. The van der Waals surface area contributed by atoms with Gasteiger partial charge in [0.1, 0.15) is 5.82 Å². The molecule has 2 N–H and O–H groups in total. The van der Waals surface area contributed by atoms with Crippen LogP contribution in [0.4, 0.5) is 0 Å². The maximum Gasteiger partial charge on any atom is 0.335 e. The van der Waals surface area contributed by atoms with E-state index in [1.807, 2.05) is 6.07 Å². The van der Waals surface area contributed by atoms with Gasteiger partial charge in [-0.2, -0.15) is 0 Å². The normalized spacial score (nSPS) is 10.6. The summed E-state index contributed by atoms with van der Waals surface area (Å²) >= 11 is 0. The predicted octanol–water partition coefficient (Wildman–Crippen LogP) is 2.29. The van der Waals surface area contributed by atoms with Crippen molar-refractivity contribution in [3.8, 4) is 11.4 Å². The van der Waals surface area contributed by atoms with Crippen molar-refractivity contribution in [2.24, 2.45) is 0 Å². The van der Waals surface area contributed by atoms with Crippen LogP contribution in [0, 0.1) is 0 Å². The lowest BCUT2D eigenvalue weighted by Crippen LogP contribution is -2.09. The predicted molar refractivity (Wildman–Crippen MR) is 74.8 cm³/mol. The van der Waals surface area contributed by atoms with E-state index in [0.717, 1.165) is 0 Å². The maximum atomic E-state index is 12.0. The largest absolute Gasteiger partial charge is 0.478 e.